The normalized spacial score (nSPS) is 48.1. The second-order valence-corrected chi connectivity index (χ2v) is 11.6. The van der Waals surface area contributed by atoms with Crippen LogP contribution in [0.5, 0.6) is 0 Å². The molecule has 5 nitrogen and oxygen atoms in total. The molecule has 0 radical (unpaired) electrons. The van der Waals surface area contributed by atoms with Gasteiger partial charge in [-0.2, -0.15) is 0 Å². The number of rotatable bonds is 1. The number of carbonyl (C=O) groups excluding carboxylic acids is 2. The van der Waals surface area contributed by atoms with Crippen LogP contribution in [0, 0.1) is 34.5 Å². The fraction of sp³-hybridized carbons (Fsp3) is 0.913. The van der Waals surface area contributed by atoms with Crippen LogP contribution < -0.4 is 10.6 Å². The molecule has 4 rings (SSSR count). The lowest BCUT2D eigenvalue weighted by Gasteiger charge is -2.60. The molecule has 5 heteroatoms. The number of fused-ring (bicyclic) bond motifs is 5. The first kappa shape index (κ1) is 20.2. The van der Waals surface area contributed by atoms with Gasteiger partial charge in [-0.3, -0.25) is 9.59 Å². The molecule has 0 spiro atoms. The third kappa shape index (κ3) is 3.00. The summed E-state index contributed by atoms with van der Waals surface area (Å²) >= 11 is 0. The van der Waals surface area contributed by atoms with E-state index in [0.29, 0.717) is 24.7 Å². The van der Waals surface area contributed by atoms with Crippen molar-refractivity contribution in [2.24, 2.45) is 34.5 Å². The van der Waals surface area contributed by atoms with Gasteiger partial charge in [-0.05, 0) is 87.9 Å². The van der Waals surface area contributed by atoms with Crippen LogP contribution in [0.3, 0.4) is 0 Å². The number of aliphatic hydroxyl groups excluding tert-OH is 1. The van der Waals surface area contributed by atoms with Gasteiger partial charge < -0.3 is 15.7 Å². The summed E-state index contributed by atoms with van der Waals surface area (Å²) in [6.45, 7) is 10.7. The molecule has 1 saturated heterocycles. The zero-order valence-electron chi connectivity index (χ0n) is 18.2. The molecule has 0 aromatic heterocycles. The van der Waals surface area contributed by atoms with Crippen molar-refractivity contribution in [2.45, 2.75) is 97.2 Å². The van der Waals surface area contributed by atoms with Crippen LogP contribution in [0.2, 0.25) is 0 Å². The van der Waals surface area contributed by atoms with E-state index >= 15 is 0 Å². The van der Waals surface area contributed by atoms with Gasteiger partial charge >= 0.3 is 0 Å². The molecular formula is C23H38N2O3. The number of hydrogen-bond acceptors (Lipinski definition) is 3. The molecule has 1 heterocycles. The van der Waals surface area contributed by atoms with Crippen LogP contribution in [-0.2, 0) is 9.59 Å². The summed E-state index contributed by atoms with van der Waals surface area (Å²) in [5, 5.41) is 17.5. The molecule has 4 aliphatic rings. The molecular weight excluding hydrogens is 352 g/mol. The van der Waals surface area contributed by atoms with Crippen molar-refractivity contribution in [2.75, 3.05) is 0 Å². The average molecular weight is 391 g/mol. The van der Waals surface area contributed by atoms with E-state index in [1.807, 2.05) is 20.8 Å². The minimum absolute atomic E-state index is 0.107. The zero-order valence-corrected chi connectivity index (χ0v) is 18.2. The number of aliphatic hydroxyl groups is 1. The molecule has 3 saturated carbocycles. The Bertz CT molecular complexity index is 671. The molecule has 158 valence electrons. The number of carbonyl (C=O) groups is 2. The Morgan fingerprint density at radius 2 is 1.86 bits per heavy atom. The van der Waals surface area contributed by atoms with Crippen molar-refractivity contribution in [1.29, 1.82) is 0 Å². The fourth-order valence-corrected chi connectivity index (χ4v) is 7.63. The number of hydrogen-bond donors (Lipinski definition) is 3. The molecule has 4 fully saturated rings. The Morgan fingerprint density at radius 3 is 2.54 bits per heavy atom. The Morgan fingerprint density at radius 1 is 1.14 bits per heavy atom. The second-order valence-electron chi connectivity index (χ2n) is 11.6. The van der Waals surface area contributed by atoms with Gasteiger partial charge in [-0.25, -0.2) is 0 Å². The van der Waals surface area contributed by atoms with Crippen LogP contribution in [0.25, 0.3) is 0 Å². The van der Waals surface area contributed by atoms with Crippen LogP contribution in [-0.4, -0.2) is 34.6 Å². The summed E-state index contributed by atoms with van der Waals surface area (Å²) in [5.41, 5.74) is -0.250. The SMILES string of the molecule is CC(C)(C)NC(=O)[C@H]1C[C@H](O)[C@H]2[C@@H]3CC[C@H]4NC(=O)CC[C@]4(C)[C@H]3CC[C@@]21C. The Labute approximate surface area is 169 Å². The predicted octanol–water partition coefficient (Wildman–Crippen LogP) is 3.01. The lowest BCUT2D eigenvalue weighted by atomic mass is 9.47. The van der Waals surface area contributed by atoms with Crippen LogP contribution >= 0.6 is 0 Å². The van der Waals surface area contributed by atoms with Crippen molar-refractivity contribution in [3.8, 4) is 0 Å². The van der Waals surface area contributed by atoms with E-state index < -0.39 is 6.10 Å². The summed E-state index contributed by atoms with van der Waals surface area (Å²) in [5.74, 6) is 1.38. The number of piperidine rings is 1. The summed E-state index contributed by atoms with van der Waals surface area (Å²) in [6.07, 6.45) is 5.92. The van der Waals surface area contributed by atoms with E-state index in [1.165, 1.54) is 0 Å². The Hall–Kier alpha value is -1.10. The van der Waals surface area contributed by atoms with E-state index in [0.717, 1.165) is 32.1 Å². The second kappa shape index (κ2) is 6.45. The highest BCUT2D eigenvalue weighted by Gasteiger charge is 2.64. The van der Waals surface area contributed by atoms with Crippen molar-refractivity contribution in [3.63, 3.8) is 0 Å². The maximum absolute atomic E-state index is 13.1. The summed E-state index contributed by atoms with van der Waals surface area (Å²) < 4.78 is 0. The van der Waals surface area contributed by atoms with Gasteiger partial charge in [0.1, 0.15) is 0 Å². The van der Waals surface area contributed by atoms with Crippen LogP contribution in [0.1, 0.15) is 79.6 Å². The van der Waals surface area contributed by atoms with E-state index in [9.17, 15) is 14.7 Å². The zero-order chi connectivity index (χ0) is 20.5. The summed E-state index contributed by atoms with van der Waals surface area (Å²) in [6, 6.07) is 0.276. The Kier molecular flexibility index (Phi) is 4.65. The molecule has 3 N–H and O–H groups in total. The van der Waals surface area contributed by atoms with E-state index in [4.69, 9.17) is 0 Å². The largest absolute Gasteiger partial charge is 0.393 e. The highest BCUT2D eigenvalue weighted by atomic mass is 16.3. The minimum atomic E-state index is -0.396. The monoisotopic (exact) mass is 390 g/mol. The Balaban J connectivity index is 1.60. The maximum Gasteiger partial charge on any atom is 0.224 e. The highest BCUT2D eigenvalue weighted by molar-refractivity contribution is 5.81. The summed E-state index contributed by atoms with van der Waals surface area (Å²) in [7, 11) is 0. The average Bonchev–Trinajstić information content (AvgIpc) is 2.85. The van der Waals surface area contributed by atoms with Gasteiger partial charge in [0, 0.05) is 23.9 Å². The smallest absolute Gasteiger partial charge is 0.224 e. The third-order valence-electron chi connectivity index (χ3n) is 8.89. The van der Waals surface area contributed by atoms with Gasteiger partial charge in [-0.1, -0.05) is 13.8 Å². The van der Waals surface area contributed by atoms with E-state index in [-0.39, 0.29) is 46.1 Å². The molecule has 1 aliphatic heterocycles. The van der Waals surface area contributed by atoms with Gasteiger partial charge in [0.05, 0.1) is 6.10 Å². The molecule has 0 bridgehead atoms. The van der Waals surface area contributed by atoms with Gasteiger partial charge in [0.25, 0.3) is 0 Å². The standard InChI is InChI=1S/C23H38N2O3/c1-21(2,3)25-20(28)15-12-16(26)19-13-6-7-17-22(4,11-9-18(27)24-17)14(13)8-10-23(15,19)5/h13-17,19,26H,6-12H2,1-5H3,(H,24,27)(H,25,28)/t13-,14+,15-,16+,17-,19-,22-,23-/m1/s1. The molecule has 28 heavy (non-hydrogen) atoms. The molecule has 8 atom stereocenters. The van der Waals surface area contributed by atoms with Crippen LogP contribution in [0.15, 0.2) is 0 Å². The highest BCUT2D eigenvalue weighted by Crippen LogP contribution is 2.65. The first-order valence-corrected chi connectivity index (χ1v) is 11.3. The quantitative estimate of drug-likeness (QED) is 0.644. The van der Waals surface area contributed by atoms with Crippen molar-refractivity contribution in [3.05, 3.63) is 0 Å². The topological polar surface area (TPSA) is 78.4 Å². The van der Waals surface area contributed by atoms with Gasteiger partial charge in [0.2, 0.25) is 11.8 Å². The predicted molar refractivity (Wildman–Crippen MR) is 108 cm³/mol. The maximum atomic E-state index is 13.1. The fourth-order valence-electron chi connectivity index (χ4n) is 7.63. The van der Waals surface area contributed by atoms with Crippen LogP contribution in [0.4, 0.5) is 0 Å². The third-order valence-corrected chi connectivity index (χ3v) is 8.89. The van der Waals surface area contributed by atoms with Crippen molar-refractivity contribution >= 4 is 11.8 Å². The van der Waals surface area contributed by atoms with Gasteiger partial charge in [-0.15, -0.1) is 0 Å². The molecule has 0 unspecified atom stereocenters. The van der Waals surface area contributed by atoms with Crippen molar-refractivity contribution in [1.82, 2.24) is 10.6 Å². The molecule has 0 aromatic carbocycles. The number of nitrogens with one attached hydrogen (secondary N) is 2. The summed E-state index contributed by atoms with van der Waals surface area (Å²) in [4.78, 5) is 25.0. The van der Waals surface area contributed by atoms with Crippen molar-refractivity contribution < 1.29 is 14.7 Å². The molecule has 3 aliphatic carbocycles. The lowest BCUT2D eigenvalue weighted by molar-refractivity contribution is -0.145. The van der Waals surface area contributed by atoms with E-state index in [1.54, 1.807) is 0 Å². The first-order chi connectivity index (χ1) is 13.0. The molecule has 2 amide bonds. The minimum Gasteiger partial charge on any atom is -0.393 e. The lowest BCUT2D eigenvalue weighted by Crippen LogP contribution is -2.62. The van der Waals surface area contributed by atoms with E-state index in [2.05, 4.69) is 24.5 Å². The first-order valence-electron chi connectivity index (χ1n) is 11.3. The number of amides is 2. The van der Waals surface area contributed by atoms with Gasteiger partial charge in [0.15, 0.2) is 0 Å². The molecule has 0 aromatic rings.